The highest BCUT2D eigenvalue weighted by Crippen LogP contribution is 2.42. The van der Waals surface area contributed by atoms with Crippen molar-refractivity contribution in [2.75, 3.05) is 36.0 Å². The largest absolute Gasteiger partial charge is 0.393 e. The van der Waals surface area contributed by atoms with Crippen molar-refractivity contribution in [3.05, 3.63) is 6.07 Å². The van der Waals surface area contributed by atoms with Gasteiger partial charge < -0.3 is 26.4 Å². The maximum absolute atomic E-state index is 12.6. The Labute approximate surface area is 159 Å². The summed E-state index contributed by atoms with van der Waals surface area (Å²) in [5, 5.41) is 9.77. The third-order valence-corrected chi connectivity index (χ3v) is 6.70. The Bertz CT molecular complexity index is 675. The van der Waals surface area contributed by atoms with Gasteiger partial charge in [-0.1, -0.05) is 0 Å². The number of hydrogen-bond acceptors (Lipinski definition) is 7. The van der Waals surface area contributed by atoms with Gasteiger partial charge in [-0.05, 0) is 50.4 Å². The fraction of sp³-hybridized carbons (Fsp3) is 0.737. The van der Waals surface area contributed by atoms with Gasteiger partial charge in [0.1, 0.15) is 11.6 Å². The molecule has 2 aliphatic heterocycles. The topological polar surface area (TPSA) is 122 Å². The van der Waals surface area contributed by atoms with Crippen molar-refractivity contribution >= 4 is 23.5 Å². The summed E-state index contributed by atoms with van der Waals surface area (Å²) in [5.41, 5.74) is 11.7. The predicted octanol–water partition coefficient (Wildman–Crippen LogP) is 1.15. The van der Waals surface area contributed by atoms with E-state index in [1.54, 1.807) is 6.07 Å². The van der Waals surface area contributed by atoms with Gasteiger partial charge in [-0.15, -0.1) is 0 Å². The van der Waals surface area contributed by atoms with Crippen molar-refractivity contribution in [3.8, 4) is 0 Å². The second kappa shape index (κ2) is 7.14. The number of likely N-dealkylation sites (tertiary alicyclic amines) is 1. The summed E-state index contributed by atoms with van der Waals surface area (Å²) in [6.07, 6.45) is 6.98. The van der Waals surface area contributed by atoms with Crippen LogP contribution in [0.1, 0.15) is 51.4 Å². The van der Waals surface area contributed by atoms with Crippen LogP contribution in [0.3, 0.4) is 0 Å². The van der Waals surface area contributed by atoms with Gasteiger partial charge in [0.25, 0.3) is 0 Å². The molecule has 8 nitrogen and oxygen atoms in total. The Hall–Kier alpha value is -2.09. The fourth-order valence-corrected chi connectivity index (χ4v) is 5.00. The van der Waals surface area contributed by atoms with Crippen molar-refractivity contribution in [2.24, 2.45) is 5.41 Å². The average Bonchev–Trinajstić information content (AvgIpc) is 2.65. The standard InChI is InChI=1S/C19H30N6O2/c20-15-11-16(23-18(21)22-15)24-9-7-19(8-10-24)6-5-17(27)25(12-19)13-1-3-14(26)4-2-13/h11,13-14,26H,1-10,12H2,(H4,20,21,22,23). The number of nitrogen functional groups attached to an aromatic ring is 2. The third-order valence-electron chi connectivity index (χ3n) is 6.70. The van der Waals surface area contributed by atoms with Crippen LogP contribution in [0.25, 0.3) is 0 Å². The first-order valence-electron chi connectivity index (χ1n) is 10.1. The first-order valence-corrected chi connectivity index (χ1v) is 10.1. The molecule has 148 valence electrons. The number of aromatic nitrogens is 2. The average molecular weight is 374 g/mol. The Kier molecular flexibility index (Phi) is 4.84. The zero-order valence-electron chi connectivity index (χ0n) is 15.8. The summed E-state index contributed by atoms with van der Waals surface area (Å²) in [6, 6.07) is 2.08. The minimum absolute atomic E-state index is 0.189. The molecule has 3 fully saturated rings. The van der Waals surface area contributed by atoms with Gasteiger partial charge in [0.05, 0.1) is 6.10 Å². The molecule has 2 saturated heterocycles. The molecule has 0 atom stereocenters. The molecule has 1 aromatic rings. The minimum Gasteiger partial charge on any atom is -0.393 e. The number of nitrogens with zero attached hydrogens (tertiary/aromatic N) is 4. The molecule has 1 saturated carbocycles. The van der Waals surface area contributed by atoms with Crippen LogP contribution in [-0.4, -0.2) is 57.7 Å². The van der Waals surface area contributed by atoms with Crippen LogP contribution in [0, 0.1) is 5.41 Å². The Morgan fingerprint density at radius 1 is 1.07 bits per heavy atom. The highest BCUT2D eigenvalue weighted by molar-refractivity contribution is 5.77. The Morgan fingerprint density at radius 2 is 1.78 bits per heavy atom. The van der Waals surface area contributed by atoms with E-state index in [-0.39, 0.29) is 17.5 Å². The van der Waals surface area contributed by atoms with E-state index in [0.717, 1.165) is 70.4 Å². The second-order valence-electron chi connectivity index (χ2n) is 8.48. The van der Waals surface area contributed by atoms with E-state index in [1.165, 1.54) is 0 Å². The maximum Gasteiger partial charge on any atom is 0.223 e. The number of piperidine rings is 2. The van der Waals surface area contributed by atoms with Crippen LogP contribution < -0.4 is 16.4 Å². The summed E-state index contributed by atoms with van der Waals surface area (Å²) in [6.45, 7) is 2.64. The molecule has 27 heavy (non-hydrogen) atoms. The zero-order chi connectivity index (χ0) is 19.0. The number of anilines is 3. The molecule has 1 aliphatic carbocycles. The van der Waals surface area contributed by atoms with Crippen LogP contribution in [0.2, 0.25) is 0 Å². The van der Waals surface area contributed by atoms with Gasteiger partial charge in [0, 0.05) is 38.2 Å². The summed E-state index contributed by atoms with van der Waals surface area (Å²) < 4.78 is 0. The van der Waals surface area contributed by atoms with Gasteiger partial charge in [0.2, 0.25) is 11.9 Å². The van der Waals surface area contributed by atoms with Crippen molar-refractivity contribution in [1.82, 2.24) is 14.9 Å². The molecule has 3 heterocycles. The molecular weight excluding hydrogens is 344 g/mol. The van der Waals surface area contributed by atoms with Gasteiger partial charge >= 0.3 is 0 Å². The van der Waals surface area contributed by atoms with Crippen LogP contribution in [0.15, 0.2) is 6.07 Å². The van der Waals surface area contributed by atoms with Crippen LogP contribution >= 0.6 is 0 Å². The molecule has 0 bridgehead atoms. The lowest BCUT2D eigenvalue weighted by atomic mass is 9.71. The predicted molar refractivity (Wildman–Crippen MR) is 104 cm³/mol. The number of aliphatic hydroxyl groups excluding tert-OH is 1. The molecule has 5 N–H and O–H groups in total. The quantitative estimate of drug-likeness (QED) is 0.710. The van der Waals surface area contributed by atoms with E-state index in [0.29, 0.717) is 24.2 Å². The normalized spacial score (nSPS) is 28.6. The van der Waals surface area contributed by atoms with Crippen molar-refractivity contribution < 1.29 is 9.90 Å². The molecule has 1 amide bonds. The molecule has 0 aromatic carbocycles. The highest BCUT2D eigenvalue weighted by atomic mass is 16.3. The minimum atomic E-state index is -0.189. The number of nitrogens with two attached hydrogens (primary N) is 2. The number of hydrogen-bond donors (Lipinski definition) is 3. The summed E-state index contributed by atoms with van der Waals surface area (Å²) in [5.74, 6) is 1.69. The van der Waals surface area contributed by atoms with Gasteiger partial charge in [0.15, 0.2) is 0 Å². The number of rotatable bonds is 2. The summed E-state index contributed by atoms with van der Waals surface area (Å²) >= 11 is 0. The SMILES string of the molecule is Nc1cc(N2CCC3(CCC(=O)N(C4CCC(O)CC4)C3)CC2)nc(N)n1. The Morgan fingerprint density at radius 3 is 2.44 bits per heavy atom. The lowest BCUT2D eigenvalue weighted by molar-refractivity contribution is -0.142. The molecule has 1 aromatic heterocycles. The van der Waals surface area contributed by atoms with Gasteiger partial charge in [-0.25, -0.2) is 0 Å². The molecule has 0 radical (unpaired) electrons. The van der Waals surface area contributed by atoms with E-state index in [9.17, 15) is 9.90 Å². The lowest BCUT2D eigenvalue weighted by Gasteiger charge is -2.50. The molecule has 4 rings (SSSR count). The summed E-state index contributed by atoms with van der Waals surface area (Å²) in [7, 11) is 0. The van der Waals surface area contributed by atoms with Crippen LogP contribution in [0.5, 0.6) is 0 Å². The summed E-state index contributed by atoms with van der Waals surface area (Å²) in [4.78, 5) is 25.2. The molecular formula is C19H30N6O2. The molecule has 3 aliphatic rings. The maximum atomic E-state index is 12.6. The van der Waals surface area contributed by atoms with E-state index in [2.05, 4.69) is 19.8 Å². The number of carbonyl (C=O) groups excluding carboxylic acids is 1. The number of carbonyl (C=O) groups is 1. The smallest absolute Gasteiger partial charge is 0.223 e. The van der Waals surface area contributed by atoms with Crippen LogP contribution in [0.4, 0.5) is 17.6 Å². The van der Waals surface area contributed by atoms with Crippen molar-refractivity contribution in [1.29, 1.82) is 0 Å². The van der Waals surface area contributed by atoms with E-state index in [1.807, 2.05) is 0 Å². The zero-order valence-corrected chi connectivity index (χ0v) is 15.8. The first-order chi connectivity index (χ1) is 12.9. The lowest BCUT2D eigenvalue weighted by Crippen LogP contribution is -2.55. The first kappa shape index (κ1) is 18.3. The third kappa shape index (κ3) is 3.81. The van der Waals surface area contributed by atoms with E-state index >= 15 is 0 Å². The molecule has 8 heteroatoms. The second-order valence-corrected chi connectivity index (χ2v) is 8.48. The van der Waals surface area contributed by atoms with E-state index in [4.69, 9.17) is 11.5 Å². The molecule has 0 unspecified atom stereocenters. The number of amides is 1. The van der Waals surface area contributed by atoms with E-state index < -0.39 is 0 Å². The highest BCUT2D eigenvalue weighted by Gasteiger charge is 2.43. The number of aliphatic hydroxyl groups is 1. The Balaban J connectivity index is 1.42. The van der Waals surface area contributed by atoms with Crippen LogP contribution in [-0.2, 0) is 4.79 Å². The van der Waals surface area contributed by atoms with Gasteiger partial charge in [-0.3, -0.25) is 4.79 Å². The van der Waals surface area contributed by atoms with Gasteiger partial charge in [-0.2, -0.15) is 9.97 Å². The van der Waals surface area contributed by atoms with Crippen molar-refractivity contribution in [2.45, 2.75) is 63.5 Å². The molecule has 1 spiro atoms. The monoisotopic (exact) mass is 374 g/mol. The fourth-order valence-electron chi connectivity index (χ4n) is 5.00. The van der Waals surface area contributed by atoms with Crippen molar-refractivity contribution in [3.63, 3.8) is 0 Å².